The molecule has 0 amide bonds. The molecule has 1 atom stereocenters. The van der Waals surface area contributed by atoms with Crippen molar-refractivity contribution < 1.29 is 0 Å². The van der Waals surface area contributed by atoms with Crippen LogP contribution in [0.25, 0.3) is 0 Å². The molecule has 2 saturated heterocycles. The quantitative estimate of drug-likeness (QED) is 0.806. The maximum absolute atomic E-state index is 6.02. The van der Waals surface area contributed by atoms with Gasteiger partial charge in [-0.3, -0.25) is 4.90 Å². The molecule has 20 heavy (non-hydrogen) atoms. The van der Waals surface area contributed by atoms with Gasteiger partial charge < -0.3 is 10.6 Å². The number of hydrogen-bond donors (Lipinski definition) is 1. The van der Waals surface area contributed by atoms with Gasteiger partial charge in [0, 0.05) is 25.2 Å². The zero-order valence-corrected chi connectivity index (χ0v) is 13.1. The van der Waals surface area contributed by atoms with E-state index in [0.717, 1.165) is 12.0 Å². The van der Waals surface area contributed by atoms with E-state index in [1.807, 2.05) is 0 Å². The van der Waals surface area contributed by atoms with Crippen LogP contribution in [0.15, 0.2) is 0 Å². The van der Waals surface area contributed by atoms with Gasteiger partial charge in [-0.25, -0.2) is 0 Å². The minimum Gasteiger partial charge on any atom is -0.328 e. The highest BCUT2D eigenvalue weighted by Crippen LogP contribution is 2.26. The highest BCUT2D eigenvalue weighted by atomic mass is 15.3. The number of rotatable bonds is 3. The van der Waals surface area contributed by atoms with Gasteiger partial charge in [0.2, 0.25) is 0 Å². The molecule has 3 fully saturated rings. The number of piperidine rings is 1. The highest BCUT2D eigenvalue weighted by molar-refractivity contribution is 4.87. The van der Waals surface area contributed by atoms with Crippen molar-refractivity contribution in [1.82, 2.24) is 9.80 Å². The lowest BCUT2D eigenvalue weighted by Crippen LogP contribution is -2.46. The van der Waals surface area contributed by atoms with Crippen molar-refractivity contribution in [2.45, 2.75) is 69.9 Å². The average Bonchev–Trinajstić information content (AvgIpc) is 2.76. The minimum atomic E-state index is 0.467. The summed E-state index contributed by atoms with van der Waals surface area (Å²) in [5.74, 6) is 0.992. The molecule has 0 spiro atoms. The summed E-state index contributed by atoms with van der Waals surface area (Å²) in [6.07, 6.45) is 12.7. The summed E-state index contributed by atoms with van der Waals surface area (Å²) < 4.78 is 0. The molecule has 3 heteroatoms. The zero-order chi connectivity index (χ0) is 13.8. The first-order valence-corrected chi connectivity index (χ1v) is 9.03. The van der Waals surface area contributed by atoms with E-state index < -0.39 is 0 Å². The molecule has 2 heterocycles. The fraction of sp³-hybridized carbons (Fsp3) is 1.00. The number of hydrogen-bond acceptors (Lipinski definition) is 3. The molecule has 2 N–H and O–H groups in total. The minimum absolute atomic E-state index is 0.467. The molecule has 0 aromatic heterocycles. The Bertz CT molecular complexity index is 278. The van der Waals surface area contributed by atoms with Crippen LogP contribution >= 0.6 is 0 Å². The van der Waals surface area contributed by atoms with Crippen LogP contribution in [0.5, 0.6) is 0 Å². The van der Waals surface area contributed by atoms with E-state index in [-0.39, 0.29) is 0 Å². The van der Waals surface area contributed by atoms with Crippen LogP contribution in [0.2, 0.25) is 0 Å². The molecular weight excluding hydrogens is 246 g/mol. The van der Waals surface area contributed by atoms with Gasteiger partial charge in [0.1, 0.15) is 0 Å². The molecule has 1 aliphatic carbocycles. The Kier molecular flexibility index (Phi) is 5.36. The maximum atomic E-state index is 6.02. The number of nitrogens with zero attached hydrogens (tertiary/aromatic N) is 2. The smallest absolute Gasteiger partial charge is 0.0235 e. The van der Waals surface area contributed by atoms with Crippen molar-refractivity contribution in [2.24, 2.45) is 11.7 Å². The first-order valence-electron chi connectivity index (χ1n) is 9.03. The van der Waals surface area contributed by atoms with Crippen molar-refractivity contribution in [1.29, 1.82) is 0 Å². The van der Waals surface area contributed by atoms with Gasteiger partial charge in [-0.05, 0) is 57.7 Å². The van der Waals surface area contributed by atoms with Gasteiger partial charge in [0.05, 0.1) is 0 Å². The molecule has 3 nitrogen and oxygen atoms in total. The van der Waals surface area contributed by atoms with Crippen molar-refractivity contribution in [2.75, 3.05) is 32.7 Å². The van der Waals surface area contributed by atoms with Crippen LogP contribution in [0.4, 0.5) is 0 Å². The molecule has 0 aromatic rings. The lowest BCUT2D eigenvalue weighted by molar-refractivity contribution is 0.148. The average molecular weight is 279 g/mol. The van der Waals surface area contributed by atoms with Gasteiger partial charge in [0.25, 0.3) is 0 Å². The van der Waals surface area contributed by atoms with E-state index in [1.165, 1.54) is 90.5 Å². The Labute approximate surface area is 124 Å². The monoisotopic (exact) mass is 279 g/mol. The van der Waals surface area contributed by atoms with E-state index in [2.05, 4.69) is 9.80 Å². The second-order valence-corrected chi connectivity index (χ2v) is 7.43. The van der Waals surface area contributed by atoms with Crippen molar-refractivity contribution in [3.63, 3.8) is 0 Å². The summed E-state index contributed by atoms with van der Waals surface area (Å²) in [4.78, 5) is 5.48. The number of likely N-dealkylation sites (tertiary alicyclic amines) is 2. The Morgan fingerprint density at radius 2 is 1.50 bits per heavy atom. The Morgan fingerprint density at radius 1 is 0.800 bits per heavy atom. The van der Waals surface area contributed by atoms with Crippen LogP contribution in [0, 0.1) is 5.92 Å². The molecule has 3 rings (SSSR count). The van der Waals surface area contributed by atoms with Gasteiger partial charge in [-0.15, -0.1) is 0 Å². The van der Waals surface area contributed by atoms with Crippen LogP contribution in [-0.4, -0.2) is 54.6 Å². The molecule has 116 valence electrons. The SMILES string of the molecule is NC1CCN(C2CCN(CC3CCCCCC3)C2)CC1. The first kappa shape index (κ1) is 14.8. The summed E-state index contributed by atoms with van der Waals surface area (Å²) in [6.45, 7) is 6.52. The molecule has 3 aliphatic rings. The summed E-state index contributed by atoms with van der Waals surface area (Å²) in [6, 6.07) is 1.29. The third-order valence-corrected chi connectivity index (χ3v) is 5.83. The maximum Gasteiger partial charge on any atom is 0.0235 e. The standard InChI is InChI=1S/C17H33N3/c18-16-7-11-20(12-8-16)17-9-10-19(14-17)13-15-5-3-1-2-4-6-15/h15-17H,1-14,18H2. The van der Waals surface area contributed by atoms with Crippen molar-refractivity contribution >= 4 is 0 Å². The fourth-order valence-corrected chi connectivity index (χ4v) is 4.47. The molecule has 0 radical (unpaired) electrons. The van der Waals surface area contributed by atoms with Crippen molar-refractivity contribution in [3.05, 3.63) is 0 Å². The summed E-state index contributed by atoms with van der Waals surface area (Å²) >= 11 is 0. The van der Waals surface area contributed by atoms with E-state index in [0.29, 0.717) is 6.04 Å². The molecule has 1 unspecified atom stereocenters. The molecule has 0 aromatic carbocycles. The first-order chi connectivity index (χ1) is 9.81. The van der Waals surface area contributed by atoms with Crippen molar-refractivity contribution in [3.8, 4) is 0 Å². The van der Waals surface area contributed by atoms with Crippen LogP contribution in [0.3, 0.4) is 0 Å². The number of nitrogens with two attached hydrogens (primary N) is 1. The second kappa shape index (κ2) is 7.24. The van der Waals surface area contributed by atoms with Gasteiger partial charge in [-0.1, -0.05) is 25.7 Å². The van der Waals surface area contributed by atoms with E-state index >= 15 is 0 Å². The van der Waals surface area contributed by atoms with E-state index in [4.69, 9.17) is 5.73 Å². The Morgan fingerprint density at radius 3 is 2.20 bits per heavy atom. The van der Waals surface area contributed by atoms with E-state index in [9.17, 15) is 0 Å². The second-order valence-electron chi connectivity index (χ2n) is 7.43. The largest absolute Gasteiger partial charge is 0.328 e. The summed E-state index contributed by atoms with van der Waals surface area (Å²) in [7, 11) is 0. The molecule has 0 bridgehead atoms. The van der Waals surface area contributed by atoms with Gasteiger partial charge in [0.15, 0.2) is 0 Å². The Balaban J connectivity index is 1.42. The van der Waals surface area contributed by atoms with Gasteiger partial charge in [-0.2, -0.15) is 0 Å². The van der Waals surface area contributed by atoms with Crippen LogP contribution < -0.4 is 5.73 Å². The van der Waals surface area contributed by atoms with Crippen LogP contribution in [-0.2, 0) is 0 Å². The Hall–Kier alpha value is -0.120. The predicted octanol–water partition coefficient (Wildman–Crippen LogP) is 2.45. The molecule has 1 saturated carbocycles. The normalized spacial score (nSPS) is 32.5. The third-order valence-electron chi connectivity index (χ3n) is 5.83. The summed E-state index contributed by atoms with van der Waals surface area (Å²) in [5.41, 5.74) is 6.02. The van der Waals surface area contributed by atoms with Crippen LogP contribution in [0.1, 0.15) is 57.8 Å². The summed E-state index contributed by atoms with van der Waals surface area (Å²) in [5, 5.41) is 0. The topological polar surface area (TPSA) is 32.5 Å². The zero-order valence-electron chi connectivity index (χ0n) is 13.1. The molecule has 2 aliphatic heterocycles. The third kappa shape index (κ3) is 3.96. The lowest BCUT2D eigenvalue weighted by Gasteiger charge is -2.35. The lowest BCUT2D eigenvalue weighted by atomic mass is 10.00. The van der Waals surface area contributed by atoms with Gasteiger partial charge >= 0.3 is 0 Å². The predicted molar refractivity (Wildman–Crippen MR) is 84.8 cm³/mol. The highest BCUT2D eigenvalue weighted by Gasteiger charge is 2.30. The molecular formula is C17H33N3. The van der Waals surface area contributed by atoms with E-state index in [1.54, 1.807) is 0 Å². The fourth-order valence-electron chi connectivity index (χ4n) is 4.47.